The van der Waals surface area contributed by atoms with Gasteiger partial charge in [-0.05, 0) is 25.5 Å². The predicted octanol–water partition coefficient (Wildman–Crippen LogP) is 2.25. The summed E-state index contributed by atoms with van der Waals surface area (Å²) in [4.78, 5) is 10.9. The molecule has 0 saturated heterocycles. The first-order valence-corrected chi connectivity index (χ1v) is 5.12. The maximum atomic E-state index is 13.3. The minimum Gasteiger partial charge on any atom is -0.479 e. The number of carbonyl (C=O) groups is 1. The molecule has 1 rings (SSSR count). The molecule has 0 fully saturated rings. The number of carboxylic acid groups (broad SMARTS) is 1. The Balaban J connectivity index is 2.76. The van der Waals surface area contributed by atoms with Gasteiger partial charge < -0.3 is 9.84 Å². The third-order valence-electron chi connectivity index (χ3n) is 2.08. The number of halogens is 1. The van der Waals surface area contributed by atoms with E-state index in [0.29, 0.717) is 5.56 Å². The number of aliphatic carboxylic acids is 1. The van der Waals surface area contributed by atoms with E-state index in [1.165, 1.54) is 6.07 Å². The molecule has 0 aliphatic carbocycles. The highest BCUT2D eigenvalue weighted by Gasteiger charge is 2.21. The molecule has 1 N–H and O–H groups in total. The summed E-state index contributed by atoms with van der Waals surface area (Å²) in [6, 6.07) is 6.11. The molecule has 0 radical (unpaired) electrons. The molecule has 1 atom stereocenters. The van der Waals surface area contributed by atoms with Gasteiger partial charge in [-0.1, -0.05) is 18.2 Å². The summed E-state index contributed by atoms with van der Waals surface area (Å²) in [5, 5.41) is 8.93. The van der Waals surface area contributed by atoms with Gasteiger partial charge in [-0.25, -0.2) is 9.18 Å². The highest BCUT2D eigenvalue weighted by Crippen LogP contribution is 2.12. The Morgan fingerprint density at radius 2 is 2.06 bits per heavy atom. The topological polar surface area (TPSA) is 46.5 Å². The average Bonchev–Trinajstić information content (AvgIpc) is 2.19. The third kappa shape index (κ3) is 3.62. The molecule has 1 aromatic rings. The zero-order chi connectivity index (χ0) is 12.1. The monoisotopic (exact) mass is 226 g/mol. The molecule has 4 heteroatoms. The first-order valence-electron chi connectivity index (χ1n) is 5.12. The number of carboxylic acids is 1. The lowest BCUT2D eigenvalue weighted by atomic mass is 10.1. The van der Waals surface area contributed by atoms with Gasteiger partial charge in [0, 0.05) is 6.42 Å². The summed E-state index contributed by atoms with van der Waals surface area (Å²) in [5.41, 5.74) is 0.357. The van der Waals surface area contributed by atoms with Gasteiger partial charge in [-0.2, -0.15) is 0 Å². The van der Waals surface area contributed by atoms with Crippen molar-refractivity contribution >= 4 is 5.97 Å². The fourth-order valence-electron chi connectivity index (χ4n) is 1.39. The molecule has 0 saturated carbocycles. The van der Waals surface area contributed by atoms with Gasteiger partial charge in [0.15, 0.2) is 6.10 Å². The lowest BCUT2D eigenvalue weighted by molar-refractivity contribution is -0.153. The fourth-order valence-corrected chi connectivity index (χ4v) is 1.39. The van der Waals surface area contributed by atoms with Crippen LogP contribution in [-0.2, 0) is 16.0 Å². The number of benzene rings is 1. The van der Waals surface area contributed by atoms with Crippen molar-refractivity contribution in [3.63, 3.8) is 0 Å². The summed E-state index contributed by atoms with van der Waals surface area (Å²) in [5.74, 6) is -1.47. The second-order valence-electron chi connectivity index (χ2n) is 3.81. The van der Waals surface area contributed by atoms with Gasteiger partial charge in [0.1, 0.15) is 5.82 Å². The zero-order valence-electron chi connectivity index (χ0n) is 9.31. The standard InChI is InChI=1S/C12H15FO3/c1-8(2)16-11(12(14)15)7-9-5-3-4-6-10(9)13/h3-6,8,11H,7H2,1-2H3,(H,14,15)/t11-/m1/s1. The smallest absolute Gasteiger partial charge is 0.333 e. The highest BCUT2D eigenvalue weighted by atomic mass is 19.1. The molecule has 1 aromatic carbocycles. The zero-order valence-corrected chi connectivity index (χ0v) is 9.31. The predicted molar refractivity (Wildman–Crippen MR) is 57.7 cm³/mol. The summed E-state index contributed by atoms with van der Waals surface area (Å²) in [6.07, 6.45) is -1.16. The molecule has 0 amide bonds. The van der Waals surface area contributed by atoms with Crippen LogP contribution in [0.25, 0.3) is 0 Å². The van der Waals surface area contributed by atoms with Gasteiger partial charge in [0.05, 0.1) is 6.10 Å². The summed E-state index contributed by atoms with van der Waals surface area (Å²) in [7, 11) is 0. The van der Waals surface area contributed by atoms with E-state index in [4.69, 9.17) is 9.84 Å². The molecule has 0 aliphatic heterocycles. The van der Waals surface area contributed by atoms with Crippen molar-refractivity contribution in [2.75, 3.05) is 0 Å². The molecule has 0 unspecified atom stereocenters. The van der Waals surface area contributed by atoms with Crippen molar-refractivity contribution < 1.29 is 19.0 Å². The average molecular weight is 226 g/mol. The number of hydrogen-bond acceptors (Lipinski definition) is 2. The van der Waals surface area contributed by atoms with Crippen LogP contribution in [-0.4, -0.2) is 23.3 Å². The van der Waals surface area contributed by atoms with Gasteiger partial charge in [-0.15, -0.1) is 0 Å². The first-order chi connectivity index (χ1) is 7.50. The van der Waals surface area contributed by atoms with Crippen molar-refractivity contribution in [1.82, 2.24) is 0 Å². The minimum atomic E-state index is -1.07. The van der Waals surface area contributed by atoms with Crippen LogP contribution in [0.15, 0.2) is 24.3 Å². The van der Waals surface area contributed by atoms with Gasteiger partial charge in [-0.3, -0.25) is 0 Å². The minimum absolute atomic E-state index is 0.0419. The quantitative estimate of drug-likeness (QED) is 0.837. The first kappa shape index (κ1) is 12.6. The normalized spacial score (nSPS) is 12.8. The maximum absolute atomic E-state index is 13.3. The van der Waals surface area contributed by atoms with Crippen molar-refractivity contribution in [3.8, 4) is 0 Å². The van der Waals surface area contributed by atoms with E-state index in [9.17, 15) is 9.18 Å². The SMILES string of the molecule is CC(C)O[C@H](Cc1ccccc1F)C(=O)O. The molecule has 3 nitrogen and oxygen atoms in total. The Labute approximate surface area is 93.9 Å². The van der Waals surface area contributed by atoms with E-state index in [1.807, 2.05) is 0 Å². The Hall–Kier alpha value is -1.42. The van der Waals surface area contributed by atoms with E-state index >= 15 is 0 Å². The molecule has 0 bridgehead atoms. The third-order valence-corrected chi connectivity index (χ3v) is 2.08. The van der Waals surface area contributed by atoms with Crippen LogP contribution in [0.3, 0.4) is 0 Å². The van der Waals surface area contributed by atoms with Crippen molar-refractivity contribution in [3.05, 3.63) is 35.6 Å². The molecule has 0 aromatic heterocycles. The molecule has 88 valence electrons. The lowest BCUT2D eigenvalue weighted by Gasteiger charge is -2.16. The maximum Gasteiger partial charge on any atom is 0.333 e. The number of rotatable bonds is 5. The van der Waals surface area contributed by atoms with Crippen LogP contribution in [0.1, 0.15) is 19.4 Å². The Morgan fingerprint density at radius 3 is 2.56 bits per heavy atom. The largest absolute Gasteiger partial charge is 0.479 e. The van der Waals surface area contributed by atoms with Crippen LogP contribution < -0.4 is 0 Å². The summed E-state index contributed by atoms with van der Waals surface area (Å²) < 4.78 is 18.5. The summed E-state index contributed by atoms with van der Waals surface area (Å²) in [6.45, 7) is 3.49. The van der Waals surface area contributed by atoms with Crippen molar-refractivity contribution in [2.45, 2.75) is 32.5 Å². The second-order valence-corrected chi connectivity index (χ2v) is 3.81. The molecule has 0 spiro atoms. The van der Waals surface area contributed by atoms with Crippen molar-refractivity contribution in [1.29, 1.82) is 0 Å². The molecule has 0 aliphatic rings. The van der Waals surface area contributed by atoms with Crippen LogP contribution >= 0.6 is 0 Å². The Morgan fingerprint density at radius 1 is 1.44 bits per heavy atom. The van der Waals surface area contributed by atoms with Crippen molar-refractivity contribution in [2.24, 2.45) is 0 Å². The van der Waals surface area contributed by atoms with Gasteiger partial charge >= 0.3 is 5.97 Å². The van der Waals surface area contributed by atoms with Gasteiger partial charge in [0.25, 0.3) is 0 Å². The van der Waals surface area contributed by atoms with E-state index in [1.54, 1.807) is 32.0 Å². The molecular weight excluding hydrogens is 211 g/mol. The molecule has 16 heavy (non-hydrogen) atoms. The number of ether oxygens (including phenoxy) is 1. The van der Waals surface area contributed by atoms with E-state index < -0.39 is 17.9 Å². The molecule has 0 heterocycles. The van der Waals surface area contributed by atoms with Crippen LogP contribution in [0.2, 0.25) is 0 Å². The van der Waals surface area contributed by atoms with Crippen LogP contribution in [0.5, 0.6) is 0 Å². The Bertz CT molecular complexity index is 363. The van der Waals surface area contributed by atoms with Crippen LogP contribution in [0.4, 0.5) is 4.39 Å². The molecular formula is C12H15FO3. The van der Waals surface area contributed by atoms with Crippen LogP contribution in [0, 0.1) is 5.82 Å². The van der Waals surface area contributed by atoms with E-state index in [2.05, 4.69) is 0 Å². The highest BCUT2D eigenvalue weighted by molar-refractivity contribution is 5.72. The Kier molecular flexibility index (Phi) is 4.43. The number of hydrogen-bond donors (Lipinski definition) is 1. The summed E-state index contributed by atoms with van der Waals surface area (Å²) >= 11 is 0. The fraction of sp³-hybridized carbons (Fsp3) is 0.417. The van der Waals surface area contributed by atoms with Gasteiger partial charge in [0.2, 0.25) is 0 Å². The second kappa shape index (κ2) is 5.61. The van der Waals surface area contributed by atoms with E-state index in [0.717, 1.165) is 0 Å². The lowest BCUT2D eigenvalue weighted by Crippen LogP contribution is -2.29. The van der Waals surface area contributed by atoms with E-state index in [-0.39, 0.29) is 12.5 Å².